The van der Waals surface area contributed by atoms with E-state index in [1.807, 2.05) is 0 Å². The normalized spacial score (nSPS) is 42.2. The smallest absolute Gasteiger partial charge is 0.0332 e. The minimum absolute atomic E-state index is 0.302. The van der Waals surface area contributed by atoms with Crippen molar-refractivity contribution in [2.75, 3.05) is 6.54 Å². The van der Waals surface area contributed by atoms with Crippen LogP contribution in [0.4, 0.5) is 0 Å². The largest absolute Gasteiger partial charge is 0.384 e. The Kier molecular flexibility index (Phi) is 2.90. The third-order valence-electron chi connectivity index (χ3n) is 4.45. The van der Waals surface area contributed by atoms with Crippen LogP contribution in [-0.2, 0) is 0 Å². The van der Waals surface area contributed by atoms with Crippen LogP contribution in [0, 0.1) is 23.2 Å². The van der Waals surface area contributed by atoms with Crippen LogP contribution in [0.1, 0.15) is 41.0 Å². The fourth-order valence-electron chi connectivity index (χ4n) is 3.23. The van der Waals surface area contributed by atoms with Crippen molar-refractivity contribution in [3.8, 4) is 0 Å². The van der Waals surface area contributed by atoms with E-state index < -0.39 is 0 Å². The van der Waals surface area contributed by atoms with Gasteiger partial charge in [0.2, 0.25) is 0 Å². The van der Waals surface area contributed by atoms with Gasteiger partial charge in [0, 0.05) is 17.7 Å². The second-order valence-corrected chi connectivity index (χ2v) is 6.29. The zero-order valence-corrected chi connectivity index (χ0v) is 11.3. The molecule has 0 bridgehead atoms. The predicted molar refractivity (Wildman–Crippen MR) is 70.1 cm³/mol. The number of nitrogens with one attached hydrogen (secondary N) is 1. The van der Waals surface area contributed by atoms with Crippen molar-refractivity contribution in [3.63, 3.8) is 0 Å². The summed E-state index contributed by atoms with van der Waals surface area (Å²) in [7, 11) is 0. The van der Waals surface area contributed by atoms with E-state index in [1.54, 1.807) is 5.57 Å². The van der Waals surface area contributed by atoms with Crippen LogP contribution < -0.4 is 5.32 Å². The fourth-order valence-corrected chi connectivity index (χ4v) is 3.23. The van der Waals surface area contributed by atoms with Gasteiger partial charge in [0.25, 0.3) is 0 Å². The lowest BCUT2D eigenvalue weighted by Crippen LogP contribution is -2.32. The molecule has 16 heavy (non-hydrogen) atoms. The molecule has 0 aromatic rings. The molecule has 1 N–H and O–H groups in total. The van der Waals surface area contributed by atoms with E-state index in [4.69, 9.17) is 0 Å². The minimum Gasteiger partial charge on any atom is -0.384 e. The average molecular weight is 219 g/mol. The monoisotopic (exact) mass is 219 g/mol. The molecule has 1 heteroatoms. The van der Waals surface area contributed by atoms with E-state index in [9.17, 15) is 0 Å². The van der Waals surface area contributed by atoms with Gasteiger partial charge in [-0.25, -0.2) is 0 Å². The van der Waals surface area contributed by atoms with Crippen molar-refractivity contribution in [2.45, 2.75) is 41.0 Å². The molecule has 0 radical (unpaired) electrons. The maximum atomic E-state index is 3.52. The summed E-state index contributed by atoms with van der Waals surface area (Å²) in [5.41, 5.74) is 3.20. The summed E-state index contributed by atoms with van der Waals surface area (Å²) in [5.74, 6) is 2.54. The molecule has 1 aliphatic heterocycles. The molecule has 2 rings (SSSR count). The summed E-state index contributed by atoms with van der Waals surface area (Å²) in [4.78, 5) is 0. The quantitative estimate of drug-likeness (QED) is 0.708. The Labute approximate surface area is 100 Å². The second-order valence-electron chi connectivity index (χ2n) is 6.29. The number of hydrogen-bond acceptors (Lipinski definition) is 1. The van der Waals surface area contributed by atoms with E-state index in [0.29, 0.717) is 5.41 Å². The summed E-state index contributed by atoms with van der Waals surface area (Å²) < 4.78 is 0. The molecule has 1 nitrogen and oxygen atoms in total. The highest BCUT2D eigenvalue weighted by Crippen LogP contribution is 2.45. The van der Waals surface area contributed by atoms with Gasteiger partial charge in [-0.15, -0.1) is 0 Å². The van der Waals surface area contributed by atoms with Gasteiger partial charge in [-0.1, -0.05) is 39.8 Å². The first-order valence-electron chi connectivity index (χ1n) is 6.58. The Hall–Kier alpha value is -0.720. The summed E-state index contributed by atoms with van der Waals surface area (Å²) >= 11 is 0. The molecule has 90 valence electrons. The molecule has 2 fully saturated rings. The molecule has 2 unspecified atom stereocenters. The number of allylic oxidation sites excluding steroid dienone is 3. The van der Waals surface area contributed by atoms with Crippen molar-refractivity contribution in [2.24, 2.45) is 23.2 Å². The van der Waals surface area contributed by atoms with E-state index in [1.165, 1.54) is 12.1 Å². The Morgan fingerprint density at radius 3 is 2.38 bits per heavy atom. The Morgan fingerprint density at radius 1 is 1.25 bits per heavy atom. The maximum Gasteiger partial charge on any atom is 0.0332 e. The molecule has 0 aromatic heterocycles. The first-order valence-corrected chi connectivity index (χ1v) is 6.58. The van der Waals surface area contributed by atoms with Crippen LogP contribution in [0.2, 0.25) is 0 Å². The van der Waals surface area contributed by atoms with Gasteiger partial charge in [-0.05, 0) is 36.7 Å². The summed E-state index contributed by atoms with van der Waals surface area (Å²) in [6.07, 6.45) is 6.16. The van der Waals surface area contributed by atoms with Crippen molar-refractivity contribution in [1.29, 1.82) is 0 Å². The predicted octanol–water partition coefficient (Wildman–Crippen LogP) is 3.74. The third-order valence-corrected chi connectivity index (χ3v) is 4.45. The van der Waals surface area contributed by atoms with Crippen molar-refractivity contribution >= 4 is 0 Å². The van der Waals surface area contributed by atoms with E-state index >= 15 is 0 Å². The third kappa shape index (κ3) is 1.81. The molecule has 2 atom stereocenters. The topological polar surface area (TPSA) is 12.0 Å². The van der Waals surface area contributed by atoms with Gasteiger partial charge in [-0.3, -0.25) is 0 Å². The summed E-state index contributed by atoms with van der Waals surface area (Å²) in [5, 5.41) is 3.52. The van der Waals surface area contributed by atoms with Gasteiger partial charge >= 0.3 is 0 Å². The first-order chi connectivity index (χ1) is 7.45. The molecular formula is C15H25N. The summed E-state index contributed by atoms with van der Waals surface area (Å²) in [6, 6.07) is 0. The Bertz CT molecular complexity index is 327. The lowest BCUT2D eigenvalue weighted by molar-refractivity contribution is 0.146. The van der Waals surface area contributed by atoms with Crippen LogP contribution in [0.25, 0.3) is 0 Å². The van der Waals surface area contributed by atoms with Crippen LogP contribution in [-0.4, -0.2) is 6.54 Å². The van der Waals surface area contributed by atoms with Crippen LogP contribution in [0.5, 0.6) is 0 Å². The SMILES string of the molecule is C/C=C1/NCC(C)(C)/C1=C/C1C(C)CC1C. The van der Waals surface area contributed by atoms with Gasteiger partial charge in [-0.2, -0.15) is 0 Å². The molecule has 0 spiro atoms. The Balaban J connectivity index is 2.26. The van der Waals surface area contributed by atoms with Crippen molar-refractivity contribution in [3.05, 3.63) is 23.4 Å². The van der Waals surface area contributed by atoms with Gasteiger partial charge in [0.15, 0.2) is 0 Å². The maximum absolute atomic E-state index is 3.52. The summed E-state index contributed by atoms with van der Waals surface area (Å²) in [6.45, 7) is 12.7. The molecule has 2 aliphatic rings. The standard InChI is InChI=1S/C15H25N/c1-6-14-13(15(4,5)9-16-14)8-12-10(2)7-11(12)3/h6,8,10-12,16H,7,9H2,1-5H3/b13-8+,14-6+. The lowest BCUT2D eigenvalue weighted by Gasteiger charge is -2.40. The molecule has 1 heterocycles. The van der Waals surface area contributed by atoms with Gasteiger partial charge in [0.05, 0.1) is 0 Å². The molecule has 0 aromatic carbocycles. The van der Waals surface area contributed by atoms with Gasteiger partial charge < -0.3 is 5.32 Å². The van der Waals surface area contributed by atoms with Crippen LogP contribution in [0.15, 0.2) is 23.4 Å². The average Bonchev–Trinajstić information content (AvgIpc) is 2.50. The molecular weight excluding hydrogens is 194 g/mol. The fraction of sp³-hybridized carbons (Fsp3) is 0.733. The molecule has 1 saturated heterocycles. The molecule has 1 aliphatic carbocycles. The zero-order valence-electron chi connectivity index (χ0n) is 11.3. The minimum atomic E-state index is 0.302. The highest BCUT2D eigenvalue weighted by Gasteiger charge is 2.37. The second kappa shape index (κ2) is 3.94. The van der Waals surface area contributed by atoms with Crippen LogP contribution in [0.3, 0.4) is 0 Å². The first kappa shape index (κ1) is 11.8. The van der Waals surface area contributed by atoms with E-state index in [-0.39, 0.29) is 0 Å². The molecule has 0 amide bonds. The van der Waals surface area contributed by atoms with Crippen molar-refractivity contribution in [1.82, 2.24) is 5.32 Å². The van der Waals surface area contributed by atoms with Crippen molar-refractivity contribution < 1.29 is 0 Å². The highest BCUT2D eigenvalue weighted by atomic mass is 14.9. The van der Waals surface area contributed by atoms with E-state index in [2.05, 4.69) is 52.1 Å². The van der Waals surface area contributed by atoms with E-state index in [0.717, 1.165) is 24.3 Å². The number of rotatable bonds is 1. The lowest BCUT2D eigenvalue weighted by atomic mass is 9.65. The zero-order chi connectivity index (χ0) is 11.9. The van der Waals surface area contributed by atoms with Gasteiger partial charge in [0.1, 0.15) is 0 Å². The molecule has 1 saturated carbocycles. The van der Waals surface area contributed by atoms with Crippen LogP contribution >= 0.6 is 0 Å². The highest BCUT2D eigenvalue weighted by molar-refractivity contribution is 5.40. The Morgan fingerprint density at radius 2 is 1.88 bits per heavy atom. The number of hydrogen-bond donors (Lipinski definition) is 1.